The van der Waals surface area contributed by atoms with Crippen molar-refractivity contribution in [2.45, 2.75) is 92.0 Å². The highest BCUT2D eigenvalue weighted by atomic mass is 16.5. The number of nitrogens with zero attached hydrogens (tertiary/aromatic N) is 2. The Balaban J connectivity index is 3.09. The molecule has 0 saturated carbocycles. The molecule has 0 heterocycles. The van der Waals surface area contributed by atoms with Gasteiger partial charge in [-0.15, -0.1) is 0 Å². The van der Waals surface area contributed by atoms with Gasteiger partial charge in [0.2, 0.25) is 11.8 Å². The summed E-state index contributed by atoms with van der Waals surface area (Å²) in [6.45, 7) is 14.3. The number of anilines is 1. The SMILES string of the molecule is CCC(C)C(C(CC(C)=O)OC)N(C)C(=O)C(NC(=O)C(C(C)C)N(C)CCc1ccc(NC)cc1)C(C)C. The van der Waals surface area contributed by atoms with Gasteiger partial charge >= 0.3 is 0 Å². The Bertz CT molecular complexity index is 902. The predicted octanol–water partition coefficient (Wildman–Crippen LogP) is 4.24. The van der Waals surface area contributed by atoms with Gasteiger partial charge in [0, 0.05) is 39.9 Å². The maximum Gasteiger partial charge on any atom is 0.245 e. The molecule has 0 aliphatic rings. The summed E-state index contributed by atoms with van der Waals surface area (Å²) >= 11 is 0. The fourth-order valence-corrected chi connectivity index (χ4v) is 5.28. The van der Waals surface area contributed by atoms with E-state index in [1.54, 1.807) is 26.0 Å². The first-order valence-corrected chi connectivity index (χ1v) is 14.3. The average molecular weight is 547 g/mol. The molecule has 0 spiro atoms. The lowest BCUT2D eigenvalue weighted by molar-refractivity contribution is -0.144. The molecule has 2 amide bonds. The van der Waals surface area contributed by atoms with Gasteiger partial charge in [0.25, 0.3) is 0 Å². The molecule has 1 aromatic carbocycles. The van der Waals surface area contributed by atoms with Gasteiger partial charge in [0.1, 0.15) is 11.8 Å². The first kappa shape index (κ1) is 34.6. The number of carbonyl (C=O) groups excluding carboxylic acids is 3. The van der Waals surface area contributed by atoms with Crippen molar-refractivity contribution < 1.29 is 19.1 Å². The van der Waals surface area contributed by atoms with E-state index in [2.05, 4.69) is 53.6 Å². The lowest BCUT2D eigenvalue weighted by Gasteiger charge is -2.40. The van der Waals surface area contributed by atoms with Crippen molar-refractivity contribution in [2.24, 2.45) is 17.8 Å². The number of Topliss-reactive ketones (excluding diaryl/α,β-unsaturated/α-hetero) is 1. The Hall–Kier alpha value is -2.45. The van der Waals surface area contributed by atoms with E-state index in [0.717, 1.165) is 18.5 Å². The van der Waals surface area contributed by atoms with Crippen LogP contribution in [0.1, 0.15) is 66.9 Å². The maximum absolute atomic E-state index is 13.9. The van der Waals surface area contributed by atoms with E-state index >= 15 is 0 Å². The summed E-state index contributed by atoms with van der Waals surface area (Å²) in [5, 5.41) is 6.22. The molecule has 222 valence electrons. The highest BCUT2D eigenvalue weighted by Gasteiger charge is 2.38. The second-order valence-corrected chi connectivity index (χ2v) is 11.6. The van der Waals surface area contributed by atoms with Gasteiger partial charge in [-0.3, -0.25) is 19.3 Å². The van der Waals surface area contributed by atoms with Crippen LogP contribution in [-0.4, -0.2) is 86.4 Å². The number of hydrogen-bond donors (Lipinski definition) is 2. The first-order valence-electron chi connectivity index (χ1n) is 14.3. The number of ketones is 1. The number of methoxy groups -OCH3 is 1. The van der Waals surface area contributed by atoms with Crippen molar-refractivity contribution in [3.63, 3.8) is 0 Å². The summed E-state index contributed by atoms with van der Waals surface area (Å²) in [7, 11) is 7.21. The average Bonchev–Trinajstić information content (AvgIpc) is 2.89. The summed E-state index contributed by atoms with van der Waals surface area (Å²) in [4.78, 5) is 43.2. The van der Waals surface area contributed by atoms with E-state index in [9.17, 15) is 14.4 Å². The fraction of sp³-hybridized carbons (Fsp3) is 0.710. The lowest BCUT2D eigenvalue weighted by Crippen LogP contribution is -2.59. The molecular weight excluding hydrogens is 492 g/mol. The summed E-state index contributed by atoms with van der Waals surface area (Å²) in [5.41, 5.74) is 2.27. The summed E-state index contributed by atoms with van der Waals surface area (Å²) in [5.74, 6) is -0.230. The molecule has 0 bridgehead atoms. The van der Waals surface area contributed by atoms with Crippen LogP contribution in [0.25, 0.3) is 0 Å². The molecular formula is C31H54N4O4. The third-order valence-corrected chi connectivity index (χ3v) is 7.80. The normalized spacial score (nSPS) is 15.5. The number of benzene rings is 1. The Labute approximate surface area is 237 Å². The van der Waals surface area contributed by atoms with Crippen LogP contribution in [0, 0.1) is 17.8 Å². The Morgan fingerprint density at radius 2 is 1.56 bits per heavy atom. The van der Waals surface area contributed by atoms with E-state index in [1.807, 2.05) is 41.8 Å². The maximum atomic E-state index is 13.9. The van der Waals surface area contributed by atoms with Gasteiger partial charge in [-0.2, -0.15) is 0 Å². The second kappa shape index (κ2) is 16.6. The van der Waals surface area contributed by atoms with E-state index in [4.69, 9.17) is 4.74 Å². The number of carbonyl (C=O) groups is 3. The third kappa shape index (κ3) is 10.2. The molecule has 5 unspecified atom stereocenters. The molecule has 8 nitrogen and oxygen atoms in total. The number of likely N-dealkylation sites (N-methyl/N-ethyl adjacent to an activating group) is 2. The monoisotopic (exact) mass is 546 g/mol. The standard InChI is InChI=1S/C31H54N4O4/c1-12-22(6)29(26(39-11)19-23(7)36)35(10)31(38)27(20(2)3)33-30(37)28(21(4)5)34(9)18-17-24-13-15-25(32-8)16-14-24/h13-16,20-22,26-29,32H,12,17-19H2,1-11H3,(H,33,37). The molecule has 2 N–H and O–H groups in total. The van der Waals surface area contributed by atoms with Crippen LogP contribution in [0.15, 0.2) is 24.3 Å². The number of amides is 2. The van der Waals surface area contributed by atoms with Gasteiger partial charge in [-0.1, -0.05) is 60.1 Å². The lowest BCUT2D eigenvalue weighted by atomic mass is 9.89. The summed E-state index contributed by atoms with van der Waals surface area (Å²) < 4.78 is 5.70. The fourth-order valence-electron chi connectivity index (χ4n) is 5.28. The molecule has 5 atom stereocenters. The van der Waals surface area contributed by atoms with E-state index in [-0.39, 0.29) is 53.9 Å². The largest absolute Gasteiger partial charge is 0.388 e. The zero-order valence-electron chi connectivity index (χ0n) is 26.2. The van der Waals surface area contributed by atoms with Gasteiger partial charge in [0.05, 0.1) is 18.2 Å². The number of hydrogen-bond acceptors (Lipinski definition) is 6. The van der Waals surface area contributed by atoms with E-state index < -0.39 is 12.1 Å². The van der Waals surface area contributed by atoms with Crippen molar-refractivity contribution >= 4 is 23.3 Å². The predicted molar refractivity (Wildman–Crippen MR) is 160 cm³/mol. The van der Waals surface area contributed by atoms with Crippen molar-refractivity contribution in [1.29, 1.82) is 0 Å². The smallest absolute Gasteiger partial charge is 0.245 e. The highest BCUT2D eigenvalue weighted by molar-refractivity contribution is 5.90. The van der Waals surface area contributed by atoms with E-state index in [1.165, 1.54) is 5.56 Å². The minimum absolute atomic E-state index is 0.0190. The van der Waals surface area contributed by atoms with Gasteiger partial charge in [0.15, 0.2) is 0 Å². The molecule has 0 aliphatic carbocycles. The molecule has 0 radical (unpaired) electrons. The van der Waals surface area contributed by atoms with Crippen LogP contribution in [0.4, 0.5) is 5.69 Å². The first-order chi connectivity index (χ1) is 18.3. The number of rotatable bonds is 17. The molecule has 8 heteroatoms. The molecule has 0 fully saturated rings. The minimum Gasteiger partial charge on any atom is -0.388 e. The van der Waals surface area contributed by atoms with Gasteiger partial charge < -0.3 is 20.3 Å². The molecule has 1 rings (SSSR count). The van der Waals surface area contributed by atoms with Crippen LogP contribution in [-0.2, 0) is 25.5 Å². The number of nitrogens with one attached hydrogen (secondary N) is 2. The molecule has 0 aliphatic heterocycles. The van der Waals surface area contributed by atoms with Gasteiger partial charge in [-0.25, -0.2) is 0 Å². The number of ether oxygens (including phenoxy) is 1. The van der Waals surface area contributed by atoms with Crippen molar-refractivity contribution in [1.82, 2.24) is 15.1 Å². The molecule has 39 heavy (non-hydrogen) atoms. The van der Waals surface area contributed by atoms with Crippen LogP contribution >= 0.6 is 0 Å². The summed E-state index contributed by atoms with van der Waals surface area (Å²) in [6.07, 6.45) is 1.47. The quantitative estimate of drug-likeness (QED) is 0.304. The Kier molecular flexibility index (Phi) is 14.7. The van der Waals surface area contributed by atoms with Crippen molar-refractivity contribution in [3.05, 3.63) is 29.8 Å². The van der Waals surface area contributed by atoms with Crippen LogP contribution < -0.4 is 10.6 Å². The van der Waals surface area contributed by atoms with Crippen molar-refractivity contribution in [3.8, 4) is 0 Å². The minimum atomic E-state index is -0.687. The zero-order valence-corrected chi connectivity index (χ0v) is 26.2. The Morgan fingerprint density at radius 1 is 0.974 bits per heavy atom. The Morgan fingerprint density at radius 3 is 2.00 bits per heavy atom. The van der Waals surface area contributed by atoms with Crippen LogP contribution in [0.5, 0.6) is 0 Å². The van der Waals surface area contributed by atoms with E-state index in [0.29, 0.717) is 6.54 Å². The van der Waals surface area contributed by atoms with Crippen LogP contribution in [0.3, 0.4) is 0 Å². The summed E-state index contributed by atoms with van der Waals surface area (Å²) in [6, 6.07) is 6.94. The molecule has 1 aromatic rings. The molecule has 0 saturated heterocycles. The second-order valence-electron chi connectivity index (χ2n) is 11.6. The van der Waals surface area contributed by atoms with Crippen LogP contribution in [0.2, 0.25) is 0 Å². The van der Waals surface area contributed by atoms with Crippen molar-refractivity contribution in [2.75, 3.05) is 40.1 Å². The zero-order chi connectivity index (χ0) is 29.9. The topological polar surface area (TPSA) is 91.0 Å². The third-order valence-electron chi connectivity index (χ3n) is 7.80. The molecule has 0 aromatic heterocycles. The highest BCUT2D eigenvalue weighted by Crippen LogP contribution is 2.23. The van der Waals surface area contributed by atoms with Gasteiger partial charge in [-0.05, 0) is 55.8 Å².